The molecule has 2 aromatic carbocycles. The van der Waals surface area contributed by atoms with Crippen LogP contribution in [-0.2, 0) is 19.1 Å². The summed E-state index contributed by atoms with van der Waals surface area (Å²) in [6.07, 6.45) is 0. The molecule has 9 heteroatoms. The molecule has 2 N–H and O–H groups in total. The van der Waals surface area contributed by atoms with Crippen molar-refractivity contribution < 1.29 is 23.8 Å². The van der Waals surface area contributed by atoms with Gasteiger partial charge >= 0.3 is 11.9 Å². The van der Waals surface area contributed by atoms with Gasteiger partial charge in [-0.05, 0) is 43.7 Å². The minimum atomic E-state index is -0.656. The number of carbonyl (C=O) groups excluding carboxylic acids is 2. The van der Waals surface area contributed by atoms with E-state index >= 15 is 0 Å². The molecule has 36 heavy (non-hydrogen) atoms. The average Bonchev–Trinajstić information content (AvgIpc) is 3.36. The van der Waals surface area contributed by atoms with E-state index in [0.717, 1.165) is 28.3 Å². The molecule has 0 saturated heterocycles. The van der Waals surface area contributed by atoms with Gasteiger partial charge < -0.3 is 24.8 Å². The van der Waals surface area contributed by atoms with Crippen molar-refractivity contribution in [3.63, 3.8) is 0 Å². The zero-order valence-corrected chi connectivity index (χ0v) is 21.5. The summed E-state index contributed by atoms with van der Waals surface area (Å²) in [6.45, 7) is 3.57. The largest absolute Gasteiger partial charge is 0.497 e. The number of benzene rings is 2. The Kier molecular flexibility index (Phi) is 7.40. The second-order valence-corrected chi connectivity index (χ2v) is 9.00. The van der Waals surface area contributed by atoms with Crippen molar-refractivity contribution in [1.82, 2.24) is 10.3 Å². The quantitative estimate of drug-likeness (QED) is 0.426. The third-order valence-electron chi connectivity index (χ3n) is 5.91. The number of esters is 2. The van der Waals surface area contributed by atoms with Crippen molar-refractivity contribution in [3.05, 3.63) is 82.0 Å². The van der Waals surface area contributed by atoms with Gasteiger partial charge in [0.1, 0.15) is 5.75 Å². The molecule has 1 aromatic heterocycles. The highest BCUT2D eigenvalue weighted by atomic mass is 32.1. The van der Waals surface area contributed by atoms with Crippen molar-refractivity contribution in [2.24, 2.45) is 0 Å². The SMILES string of the molecule is COC(=O)C1=C(C)NC(C)=C(C(=O)OC)C1c1cccc(Nc2nc(-c3cccc(OC)c3)cs2)c1. The maximum Gasteiger partial charge on any atom is 0.336 e. The number of hydrogen-bond acceptors (Lipinski definition) is 9. The van der Waals surface area contributed by atoms with Gasteiger partial charge in [-0.2, -0.15) is 0 Å². The Hall–Kier alpha value is -4.11. The number of dihydropyridines is 1. The molecule has 0 bridgehead atoms. The number of aromatic nitrogens is 1. The fourth-order valence-corrected chi connectivity index (χ4v) is 4.99. The van der Waals surface area contributed by atoms with Crippen LogP contribution < -0.4 is 15.4 Å². The van der Waals surface area contributed by atoms with Crippen LogP contribution in [0.3, 0.4) is 0 Å². The van der Waals surface area contributed by atoms with Crippen molar-refractivity contribution >= 4 is 34.1 Å². The van der Waals surface area contributed by atoms with Crippen LogP contribution in [0.5, 0.6) is 5.75 Å². The fraction of sp³-hybridized carbons (Fsp3) is 0.222. The highest BCUT2D eigenvalue weighted by Crippen LogP contribution is 2.40. The first-order chi connectivity index (χ1) is 17.4. The molecule has 2 heterocycles. The van der Waals surface area contributed by atoms with Gasteiger partial charge in [-0.1, -0.05) is 24.3 Å². The Labute approximate surface area is 213 Å². The highest BCUT2D eigenvalue weighted by molar-refractivity contribution is 7.14. The predicted octanol–water partition coefficient (Wildman–Crippen LogP) is 5.14. The number of thiazole rings is 1. The molecule has 4 rings (SSSR count). The van der Waals surface area contributed by atoms with Crippen LogP contribution in [0.4, 0.5) is 10.8 Å². The number of anilines is 2. The van der Waals surface area contributed by atoms with E-state index in [0.29, 0.717) is 27.7 Å². The monoisotopic (exact) mass is 505 g/mol. The van der Waals surface area contributed by atoms with Crippen LogP contribution in [-0.4, -0.2) is 38.3 Å². The highest BCUT2D eigenvalue weighted by Gasteiger charge is 2.37. The number of methoxy groups -OCH3 is 3. The zero-order valence-electron chi connectivity index (χ0n) is 20.7. The average molecular weight is 506 g/mol. The van der Waals surface area contributed by atoms with Gasteiger partial charge in [0.25, 0.3) is 0 Å². The standard InChI is InChI=1S/C27H27N3O5S/c1-15-22(25(31)34-4)24(23(16(2)28-15)26(32)35-5)18-9-6-10-19(12-18)29-27-30-21(14-36-27)17-8-7-11-20(13-17)33-3/h6-14,24,28H,1-5H3,(H,29,30). The van der Waals surface area contributed by atoms with Gasteiger partial charge in [-0.15, -0.1) is 11.3 Å². The van der Waals surface area contributed by atoms with Gasteiger partial charge in [-0.25, -0.2) is 14.6 Å². The van der Waals surface area contributed by atoms with E-state index in [-0.39, 0.29) is 0 Å². The summed E-state index contributed by atoms with van der Waals surface area (Å²) in [6, 6.07) is 15.3. The number of nitrogens with one attached hydrogen (secondary N) is 2. The van der Waals surface area contributed by atoms with E-state index in [2.05, 4.69) is 10.6 Å². The number of nitrogens with zero attached hydrogens (tertiary/aromatic N) is 1. The first-order valence-electron chi connectivity index (χ1n) is 11.2. The summed E-state index contributed by atoms with van der Waals surface area (Å²) in [7, 11) is 4.28. The van der Waals surface area contributed by atoms with Crippen LogP contribution in [0.1, 0.15) is 25.3 Å². The lowest BCUT2D eigenvalue weighted by molar-refractivity contribution is -0.137. The number of rotatable bonds is 7. The van der Waals surface area contributed by atoms with E-state index in [4.69, 9.17) is 19.2 Å². The van der Waals surface area contributed by atoms with E-state index in [9.17, 15) is 9.59 Å². The van der Waals surface area contributed by atoms with Crippen LogP contribution in [0, 0.1) is 0 Å². The third kappa shape index (κ3) is 4.96. The van der Waals surface area contributed by atoms with Crippen LogP contribution in [0.15, 0.2) is 76.5 Å². The first kappa shape index (κ1) is 25.0. The molecule has 186 valence electrons. The molecule has 0 unspecified atom stereocenters. The Morgan fingerprint density at radius 3 is 2.25 bits per heavy atom. The zero-order chi connectivity index (χ0) is 25.8. The van der Waals surface area contributed by atoms with E-state index < -0.39 is 17.9 Å². The Morgan fingerprint density at radius 1 is 0.944 bits per heavy atom. The van der Waals surface area contributed by atoms with Crippen molar-refractivity contribution in [2.75, 3.05) is 26.6 Å². The summed E-state index contributed by atoms with van der Waals surface area (Å²) in [5.41, 5.74) is 5.25. The molecule has 0 atom stereocenters. The minimum Gasteiger partial charge on any atom is -0.497 e. The molecule has 0 saturated carbocycles. The van der Waals surface area contributed by atoms with Gasteiger partial charge in [0.15, 0.2) is 5.13 Å². The van der Waals surface area contributed by atoms with Crippen molar-refractivity contribution in [3.8, 4) is 17.0 Å². The Morgan fingerprint density at radius 2 is 1.61 bits per heavy atom. The molecule has 8 nitrogen and oxygen atoms in total. The fourth-order valence-electron chi connectivity index (χ4n) is 4.25. The molecule has 0 radical (unpaired) electrons. The van der Waals surface area contributed by atoms with Crippen LogP contribution in [0.2, 0.25) is 0 Å². The lowest BCUT2D eigenvalue weighted by Gasteiger charge is -2.30. The normalized spacial score (nSPS) is 13.8. The molecular formula is C27H27N3O5S. The molecule has 0 aliphatic carbocycles. The summed E-state index contributed by atoms with van der Waals surface area (Å²) in [4.78, 5) is 30.2. The summed E-state index contributed by atoms with van der Waals surface area (Å²) < 4.78 is 15.4. The number of allylic oxidation sites excluding steroid dienone is 2. The molecule has 1 aliphatic rings. The molecule has 0 amide bonds. The topological polar surface area (TPSA) is 98.8 Å². The Bertz CT molecular complexity index is 1340. The second-order valence-electron chi connectivity index (χ2n) is 8.14. The number of ether oxygens (including phenoxy) is 3. The van der Waals surface area contributed by atoms with Gasteiger partial charge in [0.05, 0.1) is 44.1 Å². The minimum absolute atomic E-state index is 0.357. The van der Waals surface area contributed by atoms with E-state index in [1.807, 2.05) is 53.9 Å². The van der Waals surface area contributed by atoms with Gasteiger partial charge in [0.2, 0.25) is 0 Å². The third-order valence-corrected chi connectivity index (χ3v) is 6.67. The van der Waals surface area contributed by atoms with Crippen LogP contribution >= 0.6 is 11.3 Å². The maximum atomic E-state index is 12.8. The first-order valence-corrected chi connectivity index (χ1v) is 12.1. The van der Waals surface area contributed by atoms with Crippen LogP contribution in [0.25, 0.3) is 11.3 Å². The number of carbonyl (C=O) groups is 2. The Balaban J connectivity index is 1.69. The molecule has 3 aromatic rings. The summed E-state index contributed by atoms with van der Waals surface area (Å²) in [5, 5.41) is 9.12. The smallest absolute Gasteiger partial charge is 0.336 e. The van der Waals surface area contributed by atoms with E-state index in [1.54, 1.807) is 21.0 Å². The van der Waals surface area contributed by atoms with Crippen molar-refractivity contribution in [1.29, 1.82) is 0 Å². The molecule has 0 spiro atoms. The number of hydrogen-bond donors (Lipinski definition) is 2. The molecule has 1 aliphatic heterocycles. The van der Waals surface area contributed by atoms with Gasteiger partial charge in [0, 0.05) is 28.0 Å². The second kappa shape index (κ2) is 10.7. The summed E-state index contributed by atoms with van der Waals surface area (Å²) in [5.74, 6) is -0.920. The van der Waals surface area contributed by atoms with Crippen molar-refractivity contribution in [2.45, 2.75) is 19.8 Å². The molecular weight excluding hydrogens is 478 g/mol. The van der Waals surface area contributed by atoms with Gasteiger partial charge in [-0.3, -0.25) is 0 Å². The lowest BCUT2D eigenvalue weighted by atomic mass is 9.80. The molecule has 0 fully saturated rings. The maximum absolute atomic E-state index is 12.8. The summed E-state index contributed by atoms with van der Waals surface area (Å²) >= 11 is 1.47. The lowest BCUT2D eigenvalue weighted by Crippen LogP contribution is -2.32. The predicted molar refractivity (Wildman–Crippen MR) is 139 cm³/mol. The van der Waals surface area contributed by atoms with E-state index in [1.165, 1.54) is 25.6 Å².